The number of hydrogen-bond donors (Lipinski definition) is 1. The summed E-state index contributed by atoms with van der Waals surface area (Å²) in [5.41, 5.74) is 4.54. The molecule has 0 bridgehead atoms. The topological polar surface area (TPSA) is 68.2 Å². The van der Waals surface area contributed by atoms with Gasteiger partial charge < -0.3 is 9.88 Å². The maximum absolute atomic E-state index is 13.3. The van der Waals surface area contributed by atoms with Gasteiger partial charge >= 0.3 is 0 Å². The summed E-state index contributed by atoms with van der Waals surface area (Å²) < 4.78 is 39.5. The number of benzene rings is 3. The molecule has 3 aromatic carbocycles. The van der Waals surface area contributed by atoms with Crippen LogP contribution in [0, 0.1) is 5.82 Å². The molecule has 1 aromatic heterocycles. The molecule has 0 saturated heterocycles. The Bertz CT molecular complexity index is 1450. The quantitative estimate of drug-likeness (QED) is 0.344. The number of nitrogens with zero attached hydrogens (tertiary/aromatic N) is 1. The smallest absolute Gasteiger partial charge is 0.251 e. The second kappa shape index (κ2) is 10.0. The minimum atomic E-state index is -3.25. The van der Waals surface area contributed by atoms with Crippen molar-refractivity contribution in [3.8, 4) is 0 Å². The van der Waals surface area contributed by atoms with Crippen molar-refractivity contribution < 1.29 is 17.6 Å². The summed E-state index contributed by atoms with van der Waals surface area (Å²) >= 11 is 0. The van der Waals surface area contributed by atoms with E-state index in [-0.39, 0.29) is 28.4 Å². The fraction of sp³-hybridized carbons (Fsp3) is 0.250. The Morgan fingerprint density at radius 1 is 0.943 bits per heavy atom. The van der Waals surface area contributed by atoms with Crippen molar-refractivity contribution in [1.29, 1.82) is 0 Å². The van der Waals surface area contributed by atoms with Crippen molar-refractivity contribution in [1.82, 2.24) is 9.88 Å². The Hall–Kier alpha value is -3.45. The molecule has 5 nitrogen and oxygen atoms in total. The van der Waals surface area contributed by atoms with E-state index in [1.165, 1.54) is 12.1 Å². The van der Waals surface area contributed by atoms with Crippen LogP contribution in [-0.4, -0.2) is 24.6 Å². The number of fused-ring (bicyclic) bond motifs is 1. The molecule has 0 aliphatic carbocycles. The van der Waals surface area contributed by atoms with Crippen molar-refractivity contribution in [2.45, 2.75) is 44.7 Å². The largest absolute Gasteiger partial charge is 0.348 e. The van der Waals surface area contributed by atoms with Crippen molar-refractivity contribution in [3.63, 3.8) is 0 Å². The lowest BCUT2D eigenvalue weighted by Gasteiger charge is -2.15. The van der Waals surface area contributed by atoms with Crippen LogP contribution >= 0.6 is 0 Å². The summed E-state index contributed by atoms with van der Waals surface area (Å²) in [6.45, 7) is 6.14. The SMILES string of the molecule is CCS(=O)(=O)c1ccc(CNC(=O)c2ccc3c(c2)cc(Cc2ccc(F)cc2)n3C(C)C)cc1. The summed E-state index contributed by atoms with van der Waals surface area (Å²) in [4.78, 5) is 13.1. The number of amides is 1. The van der Waals surface area contributed by atoms with Crippen LogP contribution < -0.4 is 5.32 Å². The molecule has 0 fully saturated rings. The van der Waals surface area contributed by atoms with Gasteiger partial charge in [-0.05, 0) is 73.5 Å². The highest BCUT2D eigenvalue weighted by molar-refractivity contribution is 7.91. The number of carbonyl (C=O) groups excluding carboxylic acids is 1. The Morgan fingerprint density at radius 2 is 1.60 bits per heavy atom. The lowest BCUT2D eigenvalue weighted by atomic mass is 10.1. The first-order valence-electron chi connectivity index (χ1n) is 11.7. The van der Waals surface area contributed by atoms with Crippen LogP contribution in [0.1, 0.15) is 54.0 Å². The van der Waals surface area contributed by atoms with Crippen molar-refractivity contribution in [2.24, 2.45) is 0 Å². The van der Waals surface area contributed by atoms with Crippen LogP contribution in [-0.2, 0) is 22.8 Å². The van der Waals surface area contributed by atoms with Gasteiger partial charge in [-0.1, -0.05) is 31.2 Å². The Kier molecular flexibility index (Phi) is 7.08. The first kappa shape index (κ1) is 24.7. The maximum atomic E-state index is 13.3. The van der Waals surface area contributed by atoms with E-state index in [2.05, 4.69) is 29.8 Å². The van der Waals surface area contributed by atoms with Crippen molar-refractivity contribution in [2.75, 3.05) is 5.75 Å². The Morgan fingerprint density at radius 3 is 2.23 bits per heavy atom. The molecule has 0 aliphatic rings. The molecule has 0 radical (unpaired) electrons. The molecular formula is C28H29FN2O3S. The first-order valence-corrected chi connectivity index (χ1v) is 13.3. The third-order valence-electron chi connectivity index (χ3n) is 6.11. The van der Waals surface area contributed by atoms with Gasteiger partial charge in [0, 0.05) is 41.2 Å². The zero-order chi connectivity index (χ0) is 25.2. The number of aromatic nitrogens is 1. The summed E-state index contributed by atoms with van der Waals surface area (Å²) in [6.07, 6.45) is 0.665. The predicted molar refractivity (Wildman–Crippen MR) is 137 cm³/mol. The van der Waals surface area contributed by atoms with Crippen molar-refractivity contribution >= 4 is 26.6 Å². The van der Waals surface area contributed by atoms with E-state index in [1.54, 1.807) is 43.3 Å². The Balaban J connectivity index is 1.52. The summed E-state index contributed by atoms with van der Waals surface area (Å²) in [7, 11) is -3.25. The third-order valence-corrected chi connectivity index (χ3v) is 7.86. The second-order valence-electron chi connectivity index (χ2n) is 8.91. The molecule has 1 amide bonds. The lowest BCUT2D eigenvalue weighted by Crippen LogP contribution is -2.22. The molecule has 7 heteroatoms. The molecule has 0 aliphatic heterocycles. The maximum Gasteiger partial charge on any atom is 0.251 e. The van der Waals surface area contributed by atoms with Crippen LogP contribution in [0.15, 0.2) is 77.7 Å². The molecule has 35 heavy (non-hydrogen) atoms. The van der Waals surface area contributed by atoms with E-state index in [0.717, 1.165) is 27.7 Å². The molecular weight excluding hydrogens is 463 g/mol. The highest BCUT2D eigenvalue weighted by Gasteiger charge is 2.15. The van der Waals surface area contributed by atoms with Gasteiger partial charge in [0.1, 0.15) is 5.82 Å². The van der Waals surface area contributed by atoms with Crippen LogP contribution in [0.25, 0.3) is 10.9 Å². The molecule has 4 rings (SSSR count). The highest BCUT2D eigenvalue weighted by atomic mass is 32.2. The minimum Gasteiger partial charge on any atom is -0.348 e. The third kappa shape index (κ3) is 5.46. The molecule has 4 aromatic rings. The number of rotatable bonds is 8. The van der Waals surface area contributed by atoms with Gasteiger partial charge in [-0.3, -0.25) is 4.79 Å². The monoisotopic (exact) mass is 492 g/mol. The standard InChI is InChI=1S/C28H29FN2O3S/c1-4-35(33,34)26-12-7-21(8-13-26)18-30-28(32)22-9-14-27-23(16-22)17-25(31(27)19(2)3)15-20-5-10-24(29)11-6-20/h5-14,16-17,19H,4,15,18H2,1-3H3,(H,30,32). The molecule has 1 heterocycles. The van der Waals surface area contributed by atoms with Gasteiger partial charge in [-0.25, -0.2) is 12.8 Å². The summed E-state index contributed by atoms with van der Waals surface area (Å²) in [5.74, 6) is -0.402. The van der Waals surface area contributed by atoms with Crippen LogP contribution in [0.3, 0.4) is 0 Å². The summed E-state index contributed by atoms with van der Waals surface area (Å²) in [5, 5.41) is 3.88. The zero-order valence-electron chi connectivity index (χ0n) is 20.1. The van der Waals surface area contributed by atoms with Gasteiger partial charge in [0.25, 0.3) is 5.91 Å². The number of halogens is 1. The van der Waals surface area contributed by atoms with E-state index in [9.17, 15) is 17.6 Å². The molecule has 182 valence electrons. The van der Waals surface area contributed by atoms with E-state index >= 15 is 0 Å². The van der Waals surface area contributed by atoms with Gasteiger partial charge in [0.15, 0.2) is 9.84 Å². The Labute approximate surface area is 205 Å². The fourth-order valence-electron chi connectivity index (χ4n) is 4.26. The molecule has 0 unspecified atom stereocenters. The van der Waals surface area contributed by atoms with Crippen LogP contribution in [0.5, 0.6) is 0 Å². The van der Waals surface area contributed by atoms with E-state index in [0.29, 0.717) is 18.5 Å². The van der Waals surface area contributed by atoms with E-state index in [4.69, 9.17) is 0 Å². The minimum absolute atomic E-state index is 0.0513. The zero-order valence-corrected chi connectivity index (χ0v) is 20.9. The van der Waals surface area contributed by atoms with Crippen LogP contribution in [0.4, 0.5) is 4.39 Å². The fourth-order valence-corrected chi connectivity index (χ4v) is 5.14. The molecule has 1 N–H and O–H groups in total. The predicted octanol–water partition coefficient (Wildman–Crippen LogP) is 5.68. The highest BCUT2D eigenvalue weighted by Crippen LogP contribution is 2.27. The first-order chi connectivity index (χ1) is 16.7. The average Bonchev–Trinajstić information content (AvgIpc) is 3.21. The van der Waals surface area contributed by atoms with E-state index < -0.39 is 9.84 Å². The van der Waals surface area contributed by atoms with Crippen LogP contribution in [0.2, 0.25) is 0 Å². The summed E-state index contributed by atoms with van der Waals surface area (Å²) in [6, 6.07) is 21.1. The number of sulfone groups is 1. The molecule has 0 atom stereocenters. The van der Waals surface area contributed by atoms with Gasteiger partial charge in [0.05, 0.1) is 10.6 Å². The molecule has 0 saturated carbocycles. The normalized spacial score (nSPS) is 11.8. The van der Waals surface area contributed by atoms with Gasteiger partial charge in [0.2, 0.25) is 0 Å². The number of nitrogens with one attached hydrogen (secondary N) is 1. The number of carbonyl (C=O) groups is 1. The van der Waals surface area contributed by atoms with Gasteiger partial charge in [-0.15, -0.1) is 0 Å². The average molecular weight is 493 g/mol. The second-order valence-corrected chi connectivity index (χ2v) is 11.2. The van der Waals surface area contributed by atoms with Crippen molar-refractivity contribution in [3.05, 3.63) is 101 Å². The number of hydrogen-bond acceptors (Lipinski definition) is 3. The van der Waals surface area contributed by atoms with E-state index in [1.807, 2.05) is 18.2 Å². The van der Waals surface area contributed by atoms with Gasteiger partial charge in [-0.2, -0.15) is 0 Å². The lowest BCUT2D eigenvalue weighted by molar-refractivity contribution is 0.0951. The molecule has 0 spiro atoms.